The maximum atomic E-state index is 13.0. The van der Waals surface area contributed by atoms with E-state index < -0.39 is 24.2 Å². The average Bonchev–Trinajstić information content (AvgIpc) is 3.03. The molecular formula is C23H18FNO5. The van der Waals surface area contributed by atoms with Crippen molar-refractivity contribution in [2.45, 2.75) is 12.8 Å². The predicted octanol–water partition coefficient (Wildman–Crippen LogP) is 3.32. The molecule has 1 aliphatic heterocycles. The van der Waals surface area contributed by atoms with Crippen LogP contribution in [0.5, 0.6) is 0 Å². The Morgan fingerprint density at radius 3 is 2.20 bits per heavy atom. The molecular weight excluding hydrogens is 389 g/mol. The number of carbonyl (C=O) groups excluding carboxylic acids is 4. The van der Waals surface area contributed by atoms with E-state index in [9.17, 15) is 23.6 Å². The molecule has 7 heteroatoms. The van der Waals surface area contributed by atoms with Gasteiger partial charge in [-0.1, -0.05) is 18.2 Å². The molecule has 2 aliphatic rings. The van der Waals surface area contributed by atoms with Gasteiger partial charge in [-0.3, -0.25) is 19.3 Å². The standard InChI is InChI=1S/C23H18FNO5/c24-16-10-8-14(9-11-16)20(26)13-30-23(29)15-4-3-5-17(12-15)25-21(27)18-6-1-2-7-19(18)22(25)28/h1-5,8-12,18-19H,6-7,13H2/t18-,19-/m0/s1. The molecule has 0 spiro atoms. The number of esters is 1. The van der Waals surface area contributed by atoms with Crippen LogP contribution in [0.3, 0.4) is 0 Å². The van der Waals surface area contributed by atoms with Gasteiger partial charge < -0.3 is 4.74 Å². The fourth-order valence-electron chi connectivity index (χ4n) is 3.76. The van der Waals surface area contributed by atoms with Crippen molar-refractivity contribution in [3.05, 3.63) is 77.6 Å². The Bertz CT molecular complexity index is 1030. The van der Waals surface area contributed by atoms with E-state index in [4.69, 9.17) is 4.74 Å². The number of hydrogen-bond acceptors (Lipinski definition) is 5. The zero-order valence-corrected chi connectivity index (χ0v) is 15.9. The molecule has 2 aromatic rings. The van der Waals surface area contributed by atoms with Crippen molar-refractivity contribution in [2.75, 3.05) is 11.5 Å². The number of amides is 2. The highest BCUT2D eigenvalue weighted by atomic mass is 19.1. The molecule has 1 heterocycles. The van der Waals surface area contributed by atoms with Gasteiger partial charge >= 0.3 is 5.97 Å². The van der Waals surface area contributed by atoms with Gasteiger partial charge in [-0.2, -0.15) is 0 Å². The molecule has 4 rings (SSSR count). The summed E-state index contributed by atoms with van der Waals surface area (Å²) in [4.78, 5) is 51.0. The number of nitrogens with zero attached hydrogens (tertiary/aromatic N) is 1. The summed E-state index contributed by atoms with van der Waals surface area (Å²) in [6, 6.07) is 10.9. The quantitative estimate of drug-likeness (QED) is 0.329. The van der Waals surface area contributed by atoms with Crippen LogP contribution in [0.2, 0.25) is 0 Å². The molecule has 0 aromatic heterocycles. The maximum absolute atomic E-state index is 13.0. The Morgan fingerprint density at radius 2 is 1.57 bits per heavy atom. The van der Waals surface area contributed by atoms with E-state index in [-0.39, 0.29) is 34.8 Å². The van der Waals surface area contributed by atoms with Crippen molar-refractivity contribution in [3.8, 4) is 0 Å². The van der Waals surface area contributed by atoms with Crippen molar-refractivity contribution < 1.29 is 28.3 Å². The molecule has 0 radical (unpaired) electrons. The molecule has 152 valence electrons. The van der Waals surface area contributed by atoms with E-state index in [0.29, 0.717) is 18.5 Å². The Kier molecular flexibility index (Phi) is 5.27. The normalized spacial score (nSPS) is 20.2. The van der Waals surface area contributed by atoms with Gasteiger partial charge in [0.15, 0.2) is 12.4 Å². The van der Waals surface area contributed by atoms with E-state index in [1.54, 1.807) is 12.1 Å². The molecule has 0 N–H and O–H groups in total. The monoisotopic (exact) mass is 407 g/mol. The van der Waals surface area contributed by atoms with E-state index in [0.717, 1.165) is 17.0 Å². The van der Waals surface area contributed by atoms with Crippen molar-refractivity contribution >= 4 is 29.3 Å². The topological polar surface area (TPSA) is 80.8 Å². The Balaban J connectivity index is 1.46. The number of ketones is 1. The molecule has 30 heavy (non-hydrogen) atoms. The molecule has 2 atom stereocenters. The van der Waals surface area contributed by atoms with Gasteiger partial charge in [0.25, 0.3) is 0 Å². The van der Waals surface area contributed by atoms with Crippen LogP contribution >= 0.6 is 0 Å². The van der Waals surface area contributed by atoms with E-state index in [2.05, 4.69) is 0 Å². The van der Waals surface area contributed by atoms with Gasteiger partial charge in [0.2, 0.25) is 11.8 Å². The first kappa shape index (κ1) is 19.7. The third-order valence-corrected chi connectivity index (χ3v) is 5.35. The highest BCUT2D eigenvalue weighted by Crippen LogP contribution is 2.37. The largest absolute Gasteiger partial charge is 0.454 e. The molecule has 0 saturated carbocycles. The first-order chi connectivity index (χ1) is 14.5. The van der Waals surface area contributed by atoms with Crippen LogP contribution in [0, 0.1) is 17.7 Å². The third-order valence-electron chi connectivity index (χ3n) is 5.35. The number of hydrogen-bond donors (Lipinski definition) is 0. The van der Waals surface area contributed by atoms with Crippen molar-refractivity contribution in [1.82, 2.24) is 0 Å². The second-order valence-corrected chi connectivity index (χ2v) is 7.22. The summed E-state index contributed by atoms with van der Waals surface area (Å²) in [5.74, 6) is -2.98. The molecule has 1 saturated heterocycles. The number of allylic oxidation sites excluding steroid dienone is 2. The SMILES string of the molecule is O=C(COC(=O)c1cccc(N2C(=O)[C@H]3CC=CC[C@@H]3C2=O)c1)c1ccc(F)cc1. The highest BCUT2D eigenvalue weighted by Gasteiger charge is 2.47. The number of ether oxygens (including phenoxy) is 1. The van der Waals surface area contributed by atoms with Gasteiger partial charge in [0, 0.05) is 5.56 Å². The van der Waals surface area contributed by atoms with Crippen LogP contribution in [0.25, 0.3) is 0 Å². The van der Waals surface area contributed by atoms with Crippen LogP contribution in [-0.2, 0) is 14.3 Å². The predicted molar refractivity (Wildman–Crippen MR) is 105 cm³/mol. The average molecular weight is 407 g/mol. The Morgan fingerprint density at radius 1 is 0.933 bits per heavy atom. The maximum Gasteiger partial charge on any atom is 0.338 e. The minimum atomic E-state index is -0.759. The number of halogens is 1. The van der Waals surface area contributed by atoms with Crippen molar-refractivity contribution in [1.29, 1.82) is 0 Å². The molecule has 0 bridgehead atoms. The fraction of sp³-hybridized carbons (Fsp3) is 0.217. The van der Waals surface area contributed by atoms with Gasteiger partial charge in [-0.25, -0.2) is 9.18 Å². The van der Waals surface area contributed by atoms with Crippen LogP contribution in [-0.4, -0.2) is 30.2 Å². The number of rotatable bonds is 5. The zero-order valence-electron chi connectivity index (χ0n) is 15.9. The lowest BCUT2D eigenvalue weighted by Gasteiger charge is -2.15. The summed E-state index contributed by atoms with van der Waals surface area (Å²) in [5.41, 5.74) is 0.647. The summed E-state index contributed by atoms with van der Waals surface area (Å²) >= 11 is 0. The zero-order chi connectivity index (χ0) is 21.3. The lowest BCUT2D eigenvalue weighted by Crippen LogP contribution is -2.31. The van der Waals surface area contributed by atoms with Gasteiger partial charge in [-0.15, -0.1) is 0 Å². The number of imide groups is 1. The molecule has 2 amide bonds. The minimum Gasteiger partial charge on any atom is -0.454 e. The van der Waals surface area contributed by atoms with E-state index >= 15 is 0 Å². The second-order valence-electron chi connectivity index (χ2n) is 7.22. The Labute approximate surface area is 171 Å². The molecule has 1 fully saturated rings. The number of carbonyl (C=O) groups is 4. The number of anilines is 1. The minimum absolute atomic E-state index is 0.119. The molecule has 2 aromatic carbocycles. The summed E-state index contributed by atoms with van der Waals surface area (Å²) in [7, 11) is 0. The summed E-state index contributed by atoms with van der Waals surface area (Å²) in [6.07, 6.45) is 4.86. The molecule has 1 aliphatic carbocycles. The fourth-order valence-corrected chi connectivity index (χ4v) is 3.76. The Hall–Kier alpha value is -3.61. The lowest BCUT2D eigenvalue weighted by atomic mass is 9.85. The van der Waals surface area contributed by atoms with Crippen molar-refractivity contribution in [2.24, 2.45) is 11.8 Å². The summed E-state index contributed by atoms with van der Waals surface area (Å²) in [6.45, 7) is -0.508. The van der Waals surface area contributed by atoms with Crippen LogP contribution < -0.4 is 4.90 Å². The van der Waals surface area contributed by atoms with Crippen LogP contribution in [0.4, 0.5) is 10.1 Å². The first-order valence-electron chi connectivity index (χ1n) is 9.54. The summed E-state index contributed by atoms with van der Waals surface area (Å²) in [5, 5.41) is 0. The summed E-state index contributed by atoms with van der Waals surface area (Å²) < 4.78 is 18.0. The highest BCUT2D eigenvalue weighted by molar-refractivity contribution is 6.22. The number of benzene rings is 2. The van der Waals surface area contributed by atoms with Crippen LogP contribution in [0.1, 0.15) is 33.6 Å². The van der Waals surface area contributed by atoms with Crippen molar-refractivity contribution in [3.63, 3.8) is 0 Å². The lowest BCUT2D eigenvalue weighted by molar-refractivity contribution is -0.122. The first-order valence-corrected chi connectivity index (χ1v) is 9.54. The van der Waals surface area contributed by atoms with E-state index in [1.165, 1.54) is 24.3 Å². The van der Waals surface area contributed by atoms with Gasteiger partial charge in [-0.05, 0) is 55.3 Å². The smallest absolute Gasteiger partial charge is 0.338 e. The third kappa shape index (κ3) is 3.66. The van der Waals surface area contributed by atoms with Crippen LogP contribution in [0.15, 0.2) is 60.7 Å². The van der Waals surface area contributed by atoms with Gasteiger partial charge in [0.1, 0.15) is 5.82 Å². The molecule has 6 nitrogen and oxygen atoms in total. The van der Waals surface area contributed by atoms with E-state index in [1.807, 2.05) is 12.2 Å². The number of fused-ring (bicyclic) bond motifs is 1. The molecule has 0 unspecified atom stereocenters. The second kappa shape index (κ2) is 8.02. The number of Topliss-reactive ketones (excluding diaryl/α,β-unsaturated/α-hetero) is 1. The van der Waals surface area contributed by atoms with Gasteiger partial charge in [0.05, 0.1) is 23.1 Å².